The van der Waals surface area contributed by atoms with Crippen molar-refractivity contribution < 1.29 is 13.9 Å². The minimum Gasteiger partial charge on any atom is -0.493 e. The molecule has 1 saturated heterocycles. The number of hydrogen-bond acceptors (Lipinski definition) is 7. The Hall–Kier alpha value is -3.58. The molecule has 0 radical (unpaired) electrons. The van der Waals surface area contributed by atoms with Crippen molar-refractivity contribution in [2.24, 2.45) is 0 Å². The Kier molecular flexibility index (Phi) is 5.41. The number of hydrogen-bond donors (Lipinski definition) is 0. The van der Waals surface area contributed by atoms with Gasteiger partial charge in [0, 0.05) is 37.3 Å². The van der Waals surface area contributed by atoms with E-state index in [-0.39, 0.29) is 0 Å². The van der Waals surface area contributed by atoms with E-state index >= 15 is 0 Å². The van der Waals surface area contributed by atoms with E-state index in [4.69, 9.17) is 18.9 Å². The maximum atomic E-state index is 6.38. The standard InChI is InChI=1S/C25H26N4O3/c1-28-11-13-29(14-12-28)24-22-21(17-7-5-4-6-8-17)23(32-25(22)27-16-26-24)18-9-10-19(30-2)20(15-18)31-3/h4-10,15-16H,11-14H2,1-3H3. The number of rotatable bonds is 5. The van der Waals surface area contributed by atoms with Gasteiger partial charge in [0.15, 0.2) is 11.5 Å². The summed E-state index contributed by atoms with van der Waals surface area (Å²) in [5.74, 6) is 2.97. The highest BCUT2D eigenvalue weighted by atomic mass is 16.5. The maximum Gasteiger partial charge on any atom is 0.232 e. The Morgan fingerprint density at radius 3 is 2.31 bits per heavy atom. The molecule has 5 rings (SSSR count). The first kappa shape index (κ1) is 20.3. The number of piperazine rings is 1. The summed E-state index contributed by atoms with van der Waals surface area (Å²) in [7, 11) is 5.41. The maximum absolute atomic E-state index is 6.38. The summed E-state index contributed by atoms with van der Waals surface area (Å²) in [4.78, 5) is 13.8. The highest BCUT2D eigenvalue weighted by Crippen LogP contribution is 2.45. The highest BCUT2D eigenvalue weighted by Gasteiger charge is 2.26. The lowest BCUT2D eigenvalue weighted by Crippen LogP contribution is -2.44. The van der Waals surface area contributed by atoms with E-state index in [9.17, 15) is 0 Å². The lowest BCUT2D eigenvalue weighted by atomic mass is 9.99. The third-order valence-electron chi connectivity index (χ3n) is 5.98. The fraction of sp³-hybridized carbons (Fsp3) is 0.280. The van der Waals surface area contributed by atoms with Gasteiger partial charge in [-0.2, -0.15) is 0 Å². The van der Waals surface area contributed by atoms with Crippen molar-refractivity contribution >= 4 is 16.9 Å². The first-order chi connectivity index (χ1) is 15.7. The minimum absolute atomic E-state index is 0.581. The second kappa shape index (κ2) is 8.51. The van der Waals surface area contributed by atoms with Gasteiger partial charge in [0.1, 0.15) is 17.9 Å². The summed E-state index contributed by atoms with van der Waals surface area (Å²) in [5, 5.41) is 0.938. The van der Waals surface area contributed by atoms with Crippen molar-refractivity contribution in [3.05, 3.63) is 54.9 Å². The van der Waals surface area contributed by atoms with Crippen LogP contribution in [0.3, 0.4) is 0 Å². The first-order valence-corrected chi connectivity index (χ1v) is 10.7. The lowest BCUT2D eigenvalue weighted by molar-refractivity contribution is 0.312. The van der Waals surface area contributed by atoms with Crippen LogP contribution in [0, 0.1) is 0 Å². The smallest absolute Gasteiger partial charge is 0.232 e. The van der Waals surface area contributed by atoms with Crippen LogP contribution in [0.25, 0.3) is 33.6 Å². The van der Waals surface area contributed by atoms with Crippen LogP contribution in [0.4, 0.5) is 5.82 Å². The van der Waals surface area contributed by atoms with Gasteiger partial charge >= 0.3 is 0 Å². The zero-order valence-electron chi connectivity index (χ0n) is 18.5. The van der Waals surface area contributed by atoms with E-state index in [1.165, 1.54) is 0 Å². The Bertz CT molecular complexity index is 1230. The summed E-state index contributed by atoms with van der Waals surface area (Å²) >= 11 is 0. The fourth-order valence-electron chi connectivity index (χ4n) is 4.24. The van der Waals surface area contributed by atoms with Crippen LogP contribution in [0.5, 0.6) is 11.5 Å². The van der Waals surface area contributed by atoms with Crippen molar-refractivity contribution in [2.45, 2.75) is 0 Å². The highest BCUT2D eigenvalue weighted by molar-refractivity contribution is 6.06. The summed E-state index contributed by atoms with van der Waals surface area (Å²) in [6, 6.07) is 16.1. The van der Waals surface area contributed by atoms with Gasteiger partial charge in [0.05, 0.1) is 19.6 Å². The number of furan rings is 1. The Morgan fingerprint density at radius 2 is 1.59 bits per heavy atom. The van der Waals surface area contributed by atoms with Crippen LogP contribution >= 0.6 is 0 Å². The Morgan fingerprint density at radius 1 is 0.844 bits per heavy atom. The van der Waals surface area contributed by atoms with Crippen molar-refractivity contribution in [2.75, 3.05) is 52.3 Å². The van der Waals surface area contributed by atoms with E-state index in [0.717, 1.165) is 59.8 Å². The monoisotopic (exact) mass is 430 g/mol. The van der Waals surface area contributed by atoms with Crippen LogP contribution in [0.15, 0.2) is 59.3 Å². The zero-order valence-corrected chi connectivity index (χ0v) is 18.5. The molecule has 2 aromatic heterocycles. The quantitative estimate of drug-likeness (QED) is 0.467. The fourth-order valence-corrected chi connectivity index (χ4v) is 4.24. The molecule has 2 aromatic carbocycles. The zero-order chi connectivity index (χ0) is 22.1. The van der Waals surface area contributed by atoms with E-state index in [2.05, 4.69) is 34.0 Å². The summed E-state index contributed by atoms with van der Waals surface area (Å²) in [6.07, 6.45) is 1.59. The lowest BCUT2D eigenvalue weighted by Gasteiger charge is -2.33. The third-order valence-corrected chi connectivity index (χ3v) is 5.98. The van der Waals surface area contributed by atoms with Crippen molar-refractivity contribution in [3.63, 3.8) is 0 Å². The van der Waals surface area contributed by atoms with Crippen molar-refractivity contribution in [3.8, 4) is 33.9 Å². The van der Waals surface area contributed by atoms with E-state index in [1.807, 2.05) is 36.4 Å². The van der Waals surface area contributed by atoms with E-state index in [0.29, 0.717) is 17.2 Å². The predicted octanol–water partition coefficient (Wildman–Crippen LogP) is 4.33. The first-order valence-electron chi connectivity index (χ1n) is 10.7. The predicted molar refractivity (Wildman–Crippen MR) is 125 cm³/mol. The number of nitrogens with zero attached hydrogens (tertiary/aromatic N) is 4. The summed E-state index contributed by atoms with van der Waals surface area (Å²) < 4.78 is 17.3. The van der Waals surface area contributed by atoms with Crippen molar-refractivity contribution in [1.29, 1.82) is 0 Å². The molecule has 0 aliphatic carbocycles. The number of methoxy groups -OCH3 is 2. The second-order valence-electron chi connectivity index (χ2n) is 7.91. The molecule has 1 fully saturated rings. The van der Waals surface area contributed by atoms with Gasteiger partial charge in [-0.3, -0.25) is 0 Å². The molecule has 0 spiro atoms. The molecular weight excluding hydrogens is 404 g/mol. The van der Waals surface area contributed by atoms with Crippen LogP contribution in [-0.2, 0) is 0 Å². The van der Waals surface area contributed by atoms with Gasteiger partial charge in [-0.25, -0.2) is 9.97 Å². The number of likely N-dealkylation sites (N-methyl/N-ethyl adjacent to an activating group) is 1. The van der Waals surface area contributed by atoms with E-state index in [1.54, 1.807) is 20.5 Å². The molecule has 0 saturated carbocycles. The normalized spacial score (nSPS) is 14.7. The van der Waals surface area contributed by atoms with Crippen LogP contribution < -0.4 is 14.4 Å². The molecule has 3 heterocycles. The van der Waals surface area contributed by atoms with Crippen LogP contribution in [0.2, 0.25) is 0 Å². The molecule has 0 bridgehead atoms. The molecule has 7 nitrogen and oxygen atoms in total. The average molecular weight is 431 g/mol. The van der Waals surface area contributed by atoms with Gasteiger partial charge in [0.25, 0.3) is 0 Å². The largest absolute Gasteiger partial charge is 0.493 e. The van der Waals surface area contributed by atoms with Gasteiger partial charge in [-0.15, -0.1) is 0 Å². The molecule has 0 unspecified atom stereocenters. The Balaban J connectivity index is 1.75. The third kappa shape index (κ3) is 3.54. The van der Waals surface area contributed by atoms with Crippen LogP contribution in [-0.4, -0.2) is 62.3 Å². The number of ether oxygens (including phenoxy) is 2. The van der Waals surface area contributed by atoms with Crippen molar-refractivity contribution in [1.82, 2.24) is 14.9 Å². The molecular formula is C25H26N4O3. The molecule has 1 aliphatic rings. The minimum atomic E-state index is 0.581. The molecule has 4 aromatic rings. The topological polar surface area (TPSA) is 63.9 Å². The van der Waals surface area contributed by atoms with Gasteiger partial charge in [-0.1, -0.05) is 30.3 Å². The molecule has 32 heavy (non-hydrogen) atoms. The van der Waals surface area contributed by atoms with Crippen LogP contribution in [0.1, 0.15) is 0 Å². The summed E-state index contributed by atoms with van der Waals surface area (Å²) in [6.45, 7) is 3.81. The van der Waals surface area contributed by atoms with E-state index < -0.39 is 0 Å². The molecule has 7 heteroatoms. The molecule has 0 N–H and O–H groups in total. The number of aromatic nitrogens is 2. The van der Waals surface area contributed by atoms with Gasteiger partial charge in [0.2, 0.25) is 5.71 Å². The molecule has 164 valence electrons. The SMILES string of the molecule is COc1ccc(-c2oc3ncnc(N4CCN(C)CC4)c3c2-c2ccccc2)cc1OC. The number of anilines is 1. The summed E-state index contributed by atoms with van der Waals surface area (Å²) in [5.41, 5.74) is 3.52. The number of fused-ring (bicyclic) bond motifs is 1. The molecule has 0 atom stereocenters. The van der Waals surface area contributed by atoms with Gasteiger partial charge in [-0.05, 0) is 30.8 Å². The average Bonchev–Trinajstić information content (AvgIpc) is 3.24. The second-order valence-corrected chi connectivity index (χ2v) is 7.91. The number of benzene rings is 2. The molecule has 1 aliphatic heterocycles. The van der Waals surface area contributed by atoms with Gasteiger partial charge < -0.3 is 23.7 Å². The Labute approximate surface area is 187 Å². The molecule has 0 amide bonds.